The fraction of sp³-hybridized carbons (Fsp3) is 0.357. The monoisotopic (exact) mass is 303 g/mol. The van der Waals surface area contributed by atoms with Crippen LogP contribution >= 0.6 is 11.8 Å². The van der Waals surface area contributed by atoms with Crippen LogP contribution in [0.3, 0.4) is 0 Å². The van der Waals surface area contributed by atoms with Gasteiger partial charge >= 0.3 is 5.51 Å². The Morgan fingerprint density at radius 2 is 1.95 bits per heavy atom. The highest BCUT2D eigenvalue weighted by Gasteiger charge is 2.31. The number of amides is 1. The summed E-state index contributed by atoms with van der Waals surface area (Å²) in [6.45, 7) is 8.02. The van der Waals surface area contributed by atoms with E-state index < -0.39 is 11.4 Å². The lowest BCUT2D eigenvalue weighted by Crippen LogP contribution is -2.32. The van der Waals surface area contributed by atoms with Crippen LogP contribution in [0, 0.1) is 0 Å². The third kappa shape index (κ3) is 4.92. The molecule has 1 amide bonds. The van der Waals surface area contributed by atoms with Gasteiger partial charge in [0.2, 0.25) is 0 Å². The quantitative estimate of drug-likeness (QED) is 0.596. The maximum atomic E-state index is 12.5. The Labute approximate surface area is 120 Å². The predicted molar refractivity (Wildman–Crippen MR) is 74.7 cm³/mol. The second-order valence-corrected chi connectivity index (χ2v) is 5.43. The first kappa shape index (κ1) is 16.6. The van der Waals surface area contributed by atoms with E-state index in [2.05, 4.69) is 6.58 Å². The van der Waals surface area contributed by atoms with E-state index in [1.54, 1.807) is 19.9 Å². The molecule has 0 aliphatic carbocycles. The molecule has 0 saturated heterocycles. The van der Waals surface area contributed by atoms with Crippen LogP contribution in [0.5, 0.6) is 0 Å². The molecule has 110 valence electrons. The summed E-state index contributed by atoms with van der Waals surface area (Å²) in [5, 5.41) is 0. The number of alkyl halides is 3. The number of rotatable bonds is 5. The van der Waals surface area contributed by atoms with E-state index in [1.807, 2.05) is 0 Å². The zero-order chi connectivity index (χ0) is 15.3. The summed E-state index contributed by atoms with van der Waals surface area (Å²) < 4.78 is 37.5. The van der Waals surface area contributed by atoms with Crippen molar-refractivity contribution >= 4 is 17.7 Å². The predicted octanol–water partition coefficient (Wildman–Crippen LogP) is 4.34. The molecule has 1 aromatic rings. The number of nitrogens with zero attached hydrogens (tertiary/aromatic N) is 1. The molecule has 0 N–H and O–H groups in total. The Kier molecular flexibility index (Phi) is 5.68. The van der Waals surface area contributed by atoms with Crippen LogP contribution in [-0.2, 0) is 0 Å². The molecule has 1 aromatic carbocycles. The molecule has 0 aromatic heterocycles. The van der Waals surface area contributed by atoms with Gasteiger partial charge < -0.3 is 4.90 Å². The first-order chi connectivity index (χ1) is 9.24. The van der Waals surface area contributed by atoms with Gasteiger partial charge in [0, 0.05) is 18.0 Å². The molecule has 0 radical (unpaired) electrons. The van der Waals surface area contributed by atoms with Gasteiger partial charge in [-0.25, -0.2) is 0 Å². The highest BCUT2D eigenvalue weighted by molar-refractivity contribution is 8.00. The fourth-order valence-corrected chi connectivity index (χ4v) is 2.34. The summed E-state index contributed by atoms with van der Waals surface area (Å²) in [7, 11) is 0. The van der Waals surface area contributed by atoms with Crippen molar-refractivity contribution in [1.82, 2.24) is 4.90 Å². The first-order valence-electron chi connectivity index (χ1n) is 6.03. The minimum absolute atomic E-state index is 0.0675. The van der Waals surface area contributed by atoms with Gasteiger partial charge in [-0.1, -0.05) is 24.3 Å². The van der Waals surface area contributed by atoms with Gasteiger partial charge in [-0.05, 0) is 37.7 Å². The summed E-state index contributed by atoms with van der Waals surface area (Å²) in [6.07, 6.45) is 0. The van der Waals surface area contributed by atoms with E-state index >= 15 is 0 Å². The molecule has 0 saturated carbocycles. The van der Waals surface area contributed by atoms with Gasteiger partial charge in [0.25, 0.3) is 5.91 Å². The highest BCUT2D eigenvalue weighted by Crippen LogP contribution is 2.38. The largest absolute Gasteiger partial charge is 0.446 e. The highest BCUT2D eigenvalue weighted by atomic mass is 32.2. The molecule has 0 unspecified atom stereocenters. The number of benzene rings is 1. The first-order valence-corrected chi connectivity index (χ1v) is 6.84. The normalized spacial score (nSPS) is 11.2. The third-order valence-corrected chi connectivity index (χ3v) is 3.28. The smallest absolute Gasteiger partial charge is 0.335 e. The summed E-state index contributed by atoms with van der Waals surface area (Å²) in [6, 6.07) is 5.76. The van der Waals surface area contributed by atoms with Crippen molar-refractivity contribution in [1.29, 1.82) is 0 Å². The number of carbonyl (C=O) groups excluding carboxylic acids is 1. The van der Waals surface area contributed by atoms with Crippen molar-refractivity contribution in [3.8, 4) is 0 Å². The molecule has 20 heavy (non-hydrogen) atoms. The summed E-state index contributed by atoms with van der Waals surface area (Å²) in [5.74, 6) is -0.414. The van der Waals surface area contributed by atoms with Crippen LogP contribution < -0.4 is 0 Å². The van der Waals surface area contributed by atoms with Crippen LogP contribution in [0.25, 0.3) is 0 Å². The molecule has 0 fully saturated rings. The van der Waals surface area contributed by atoms with Gasteiger partial charge in [-0.3, -0.25) is 4.79 Å². The van der Waals surface area contributed by atoms with Gasteiger partial charge in [0.05, 0.1) is 5.56 Å². The standard InChI is InChI=1S/C14H16F3NOS/c1-4-18(9-10(2)3)13(19)11-7-5-6-8-12(11)20-14(15,16)17/h5-8H,2,4,9H2,1,3H3. The Bertz CT molecular complexity index is 499. The van der Waals surface area contributed by atoms with Crippen LogP contribution in [-0.4, -0.2) is 29.4 Å². The minimum atomic E-state index is -4.41. The Morgan fingerprint density at radius 3 is 2.45 bits per heavy atom. The fourth-order valence-electron chi connectivity index (χ4n) is 1.68. The summed E-state index contributed by atoms with van der Waals surface area (Å²) in [5.41, 5.74) is -3.57. The van der Waals surface area contributed by atoms with E-state index in [0.29, 0.717) is 13.1 Å². The zero-order valence-corrected chi connectivity index (χ0v) is 12.1. The van der Waals surface area contributed by atoms with Crippen molar-refractivity contribution in [3.05, 3.63) is 42.0 Å². The third-order valence-electron chi connectivity index (χ3n) is 2.47. The van der Waals surface area contributed by atoms with Gasteiger partial charge in [0.1, 0.15) is 0 Å². The average Bonchev–Trinajstić information content (AvgIpc) is 2.33. The van der Waals surface area contributed by atoms with Gasteiger partial charge in [0.15, 0.2) is 0 Å². The average molecular weight is 303 g/mol. The van der Waals surface area contributed by atoms with Crippen LogP contribution in [0.2, 0.25) is 0 Å². The van der Waals surface area contributed by atoms with Crippen molar-refractivity contribution < 1.29 is 18.0 Å². The van der Waals surface area contributed by atoms with E-state index in [4.69, 9.17) is 0 Å². The molecule has 0 aliphatic heterocycles. The molecular weight excluding hydrogens is 287 g/mol. The van der Waals surface area contributed by atoms with Crippen LogP contribution in [0.1, 0.15) is 24.2 Å². The molecule has 0 aliphatic rings. The Balaban J connectivity index is 3.05. The van der Waals surface area contributed by atoms with E-state index in [-0.39, 0.29) is 22.2 Å². The summed E-state index contributed by atoms with van der Waals surface area (Å²) in [4.78, 5) is 13.7. The van der Waals surface area contributed by atoms with Crippen LogP contribution in [0.4, 0.5) is 13.2 Å². The van der Waals surface area contributed by atoms with E-state index in [1.165, 1.54) is 23.1 Å². The molecule has 0 bridgehead atoms. The topological polar surface area (TPSA) is 20.3 Å². The minimum Gasteiger partial charge on any atom is -0.335 e. The molecule has 6 heteroatoms. The molecular formula is C14H16F3NOS. The summed E-state index contributed by atoms with van der Waals surface area (Å²) >= 11 is -0.267. The second-order valence-electron chi connectivity index (χ2n) is 4.32. The molecule has 0 atom stereocenters. The van der Waals surface area contributed by atoms with E-state index in [0.717, 1.165) is 5.57 Å². The SMILES string of the molecule is C=C(C)CN(CC)C(=O)c1ccccc1SC(F)(F)F. The number of hydrogen-bond donors (Lipinski definition) is 0. The lowest BCUT2D eigenvalue weighted by Gasteiger charge is -2.22. The maximum absolute atomic E-state index is 12.5. The van der Waals surface area contributed by atoms with E-state index in [9.17, 15) is 18.0 Å². The lowest BCUT2D eigenvalue weighted by molar-refractivity contribution is -0.0328. The number of halogens is 3. The Morgan fingerprint density at radius 1 is 1.35 bits per heavy atom. The van der Waals surface area contributed by atoms with Crippen molar-refractivity contribution in [2.45, 2.75) is 24.3 Å². The van der Waals surface area contributed by atoms with Gasteiger partial charge in [-0.15, -0.1) is 0 Å². The number of carbonyl (C=O) groups is 1. The van der Waals surface area contributed by atoms with Crippen molar-refractivity contribution in [2.75, 3.05) is 13.1 Å². The van der Waals surface area contributed by atoms with Gasteiger partial charge in [-0.2, -0.15) is 13.2 Å². The molecule has 0 spiro atoms. The van der Waals surface area contributed by atoms with Crippen molar-refractivity contribution in [2.24, 2.45) is 0 Å². The lowest BCUT2D eigenvalue weighted by atomic mass is 10.2. The molecule has 1 rings (SSSR count). The van der Waals surface area contributed by atoms with Crippen LogP contribution in [0.15, 0.2) is 41.3 Å². The maximum Gasteiger partial charge on any atom is 0.446 e. The molecule has 2 nitrogen and oxygen atoms in total. The zero-order valence-electron chi connectivity index (χ0n) is 11.3. The second kappa shape index (κ2) is 6.83. The number of thioether (sulfide) groups is 1. The Hall–Kier alpha value is -1.43. The molecule has 0 heterocycles. The number of hydrogen-bond acceptors (Lipinski definition) is 2. The number of likely N-dealkylation sites (N-methyl/N-ethyl adjacent to an activating group) is 1. The van der Waals surface area contributed by atoms with Crippen molar-refractivity contribution in [3.63, 3.8) is 0 Å².